The molecule has 1 heterocycles. The lowest BCUT2D eigenvalue weighted by Gasteiger charge is -2.09. The Balaban J connectivity index is 2.07. The van der Waals surface area contributed by atoms with Gasteiger partial charge >= 0.3 is 17.9 Å². The second-order valence-electron chi connectivity index (χ2n) is 5.79. The second kappa shape index (κ2) is 9.69. The van der Waals surface area contributed by atoms with Gasteiger partial charge in [0.2, 0.25) is 0 Å². The number of benzene rings is 1. The second-order valence-corrected chi connectivity index (χ2v) is 6.84. The number of amides is 1. The van der Waals surface area contributed by atoms with Crippen LogP contribution in [0.4, 0.5) is 5.00 Å². The van der Waals surface area contributed by atoms with Crippen LogP contribution in [0.3, 0.4) is 0 Å². The summed E-state index contributed by atoms with van der Waals surface area (Å²) >= 11 is 0.828. The van der Waals surface area contributed by atoms with Gasteiger partial charge in [0.15, 0.2) is 0 Å². The molecule has 0 aliphatic rings. The highest BCUT2D eigenvalue weighted by atomic mass is 32.1. The summed E-state index contributed by atoms with van der Waals surface area (Å²) in [5, 5.41) is 2.50. The van der Waals surface area contributed by atoms with Gasteiger partial charge in [-0.25, -0.2) is 9.59 Å². The first-order valence-corrected chi connectivity index (χ1v) is 9.19. The fourth-order valence-electron chi connectivity index (χ4n) is 2.48. The standard InChI is InChI=1S/C19H20N2O7S/c1-10-6-4-5-7-11(10)17(23)21-8-13(22)28-9-12-14(18(24)26-2)16(20)29-15(12)19(25)27-3/h4-7H,8-9,20H2,1-3H3,(H,21,23). The Bertz CT molecular complexity index is 952. The topological polar surface area (TPSA) is 134 Å². The molecule has 0 aliphatic heterocycles. The molecule has 0 spiro atoms. The number of rotatable bonds is 7. The Morgan fingerprint density at radius 1 is 1.07 bits per heavy atom. The van der Waals surface area contributed by atoms with Crippen molar-refractivity contribution in [1.29, 1.82) is 0 Å². The van der Waals surface area contributed by atoms with Gasteiger partial charge in [-0.3, -0.25) is 9.59 Å². The zero-order chi connectivity index (χ0) is 21.6. The van der Waals surface area contributed by atoms with Crippen LogP contribution < -0.4 is 11.1 Å². The van der Waals surface area contributed by atoms with Gasteiger partial charge < -0.3 is 25.3 Å². The zero-order valence-electron chi connectivity index (χ0n) is 16.1. The maximum atomic E-state index is 12.2. The monoisotopic (exact) mass is 420 g/mol. The number of thiophene rings is 1. The molecule has 0 aliphatic carbocycles. The van der Waals surface area contributed by atoms with Crippen molar-refractivity contribution in [2.45, 2.75) is 13.5 Å². The van der Waals surface area contributed by atoms with Crippen LogP contribution in [0.2, 0.25) is 0 Å². The first-order chi connectivity index (χ1) is 13.8. The Morgan fingerprint density at radius 3 is 2.34 bits per heavy atom. The summed E-state index contributed by atoms with van der Waals surface area (Å²) in [5.74, 6) is -2.68. The number of hydrogen-bond acceptors (Lipinski definition) is 9. The van der Waals surface area contributed by atoms with Crippen LogP contribution in [-0.2, 0) is 25.6 Å². The van der Waals surface area contributed by atoms with E-state index in [0.29, 0.717) is 5.56 Å². The average molecular weight is 420 g/mol. The van der Waals surface area contributed by atoms with E-state index in [2.05, 4.69) is 14.8 Å². The van der Waals surface area contributed by atoms with Crippen molar-refractivity contribution in [2.24, 2.45) is 0 Å². The van der Waals surface area contributed by atoms with E-state index in [1.54, 1.807) is 31.2 Å². The van der Waals surface area contributed by atoms with Gasteiger partial charge in [-0.2, -0.15) is 0 Å². The van der Waals surface area contributed by atoms with Crippen molar-refractivity contribution in [1.82, 2.24) is 5.32 Å². The van der Waals surface area contributed by atoms with Crippen molar-refractivity contribution in [3.63, 3.8) is 0 Å². The molecule has 0 unspecified atom stereocenters. The summed E-state index contributed by atoms with van der Waals surface area (Å²) in [6, 6.07) is 6.92. The molecule has 1 amide bonds. The number of nitrogens with two attached hydrogens (primary N) is 1. The lowest BCUT2D eigenvalue weighted by molar-refractivity contribution is -0.143. The highest BCUT2D eigenvalue weighted by Crippen LogP contribution is 2.33. The Hall–Kier alpha value is -3.40. The molecule has 0 radical (unpaired) electrons. The number of hydrogen-bond donors (Lipinski definition) is 2. The summed E-state index contributed by atoms with van der Waals surface area (Å²) in [4.78, 5) is 48.2. The van der Waals surface area contributed by atoms with Crippen LogP contribution in [0.15, 0.2) is 24.3 Å². The molecule has 2 rings (SSSR count). The molecule has 0 saturated heterocycles. The van der Waals surface area contributed by atoms with Crippen LogP contribution in [0.25, 0.3) is 0 Å². The molecular weight excluding hydrogens is 400 g/mol. The number of carbonyl (C=O) groups is 4. The van der Waals surface area contributed by atoms with E-state index in [0.717, 1.165) is 24.0 Å². The number of nitrogens with one attached hydrogen (secondary N) is 1. The molecule has 29 heavy (non-hydrogen) atoms. The van der Waals surface area contributed by atoms with Crippen LogP contribution in [-0.4, -0.2) is 44.6 Å². The van der Waals surface area contributed by atoms with E-state index in [4.69, 9.17) is 10.5 Å². The molecule has 1 aromatic carbocycles. The number of esters is 3. The fourth-order valence-corrected chi connectivity index (χ4v) is 3.46. The number of carbonyl (C=O) groups excluding carboxylic acids is 4. The third-order valence-electron chi connectivity index (χ3n) is 3.96. The van der Waals surface area contributed by atoms with E-state index in [1.165, 1.54) is 7.11 Å². The van der Waals surface area contributed by atoms with E-state index in [9.17, 15) is 19.2 Å². The average Bonchev–Trinajstić information content (AvgIpc) is 3.05. The van der Waals surface area contributed by atoms with Crippen LogP contribution in [0, 0.1) is 6.92 Å². The van der Waals surface area contributed by atoms with Crippen molar-refractivity contribution < 1.29 is 33.4 Å². The molecule has 10 heteroatoms. The molecular formula is C19H20N2O7S. The highest BCUT2D eigenvalue weighted by molar-refractivity contribution is 7.18. The summed E-state index contributed by atoms with van der Waals surface area (Å²) in [5.41, 5.74) is 7.03. The minimum absolute atomic E-state index is 0.0298. The third-order valence-corrected chi connectivity index (χ3v) is 5.00. The lowest BCUT2D eigenvalue weighted by atomic mass is 10.1. The third kappa shape index (κ3) is 5.11. The van der Waals surface area contributed by atoms with E-state index < -0.39 is 37.0 Å². The molecule has 0 fully saturated rings. The first kappa shape index (κ1) is 21.9. The lowest BCUT2D eigenvalue weighted by Crippen LogP contribution is -2.31. The van der Waals surface area contributed by atoms with E-state index >= 15 is 0 Å². The van der Waals surface area contributed by atoms with Crippen molar-refractivity contribution >= 4 is 40.2 Å². The zero-order valence-corrected chi connectivity index (χ0v) is 16.9. The molecule has 0 saturated carbocycles. The molecule has 3 N–H and O–H groups in total. The van der Waals surface area contributed by atoms with Gasteiger partial charge in [-0.15, -0.1) is 11.3 Å². The Kier molecular flexibility index (Phi) is 7.32. The van der Waals surface area contributed by atoms with Gasteiger partial charge in [0.25, 0.3) is 5.91 Å². The Morgan fingerprint density at radius 2 is 1.72 bits per heavy atom. The maximum Gasteiger partial charge on any atom is 0.348 e. The van der Waals surface area contributed by atoms with Gasteiger partial charge in [-0.05, 0) is 18.6 Å². The molecule has 9 nitrogen and oxygen atoms in total. The molecule has 0 atom stereocenters. The van der Waals surface area contributed by atoms with Gasteiger partial charge in [0.05, 0.1) is 14.2 Å². The number of nitrogen functional groups attached to an aromatic ring is 1. The van der Waals surface area contributed by atoms with Crippen LogP contribution >= 0.6 is 11.3 Å². The van der Waals surface area contributed by atoms with E-state index in [-0.39, 0.29) is 21.0 Å². The van der Waals surface area contributed by atoms with Crippen molar-refractivity contribution in [3.8, 4) is 0 Å². The molecule has 2 aromatic rings. The minimum atomic E-state index is -0.771. The number of anilines is 1. The number of methoxy groups -OCH3 is 2. The number of ether oxygens (including phenoxy) is 3. The van der Waals surface area contributed by atoms with E-state index in [1.807, 2.05) is 0 Å². The summed E-state index contributed by atoms with van der Waals surface area (Å²) < 4.78 is 14.4. The normalized spacial score (nSPS) is 10.2. The molecule has 1 aromatic heterocycles. The minimum Gasteiger partial charge on any atom is -0.465 e. The van der Waals surface area contributed by atoms with Crippen molar-refractivity contribution in [2.75, 3.05) is 26.5 Å². The quantitative estimate of drug-likeness (QED) is 0.510. The van der Waals surface area contributed by atoms with Gasteiger partial charge in [0.1, 0.15) is 28.6 Å². The molecule has 154 valence electrons. The molecule has 0 bridgehead atoms. The summed E-state index contributed by atoms with van der Waals surface area (Å²) in [7, 11) is 2.33. The van der Waals surface area contributed by atoms with Crippen LogP contribution in [0.5, 0.6) is 0 Å². The smallest absolute Gasteiger partial charge is 0.348 e. The predicted octanol–water partition coefficient (Wildman–Crippen LogP) is 1.69. The van der Waals surface area contributed by atoms with Crippen molar-refractivity contribution in [3.05, 3.63) is 51.4 Å². The fraction of sp³-hybridized carbons (Fsp3) is 0.263. The first-order valence-electron chi connectivity index (χ1n) is 8.37. The predicted molar refractivity (Wildman–Crippen MR) is 105 cm³/mol. The number of aryl methyl sites for hydroxylation is 1. The summed E-state index contributed by atoms with van der Waals surface area (Å²) in [6.45, 7) is 0.965. The highest BCUT2D eigenvalue weighted by Gasteiger charge is 2.28. The SMILES string of the molecule is COC(=O)c1sc(N)c(C(=O)OC)c1COC(=O)CNC(=O)c1ccccc1C. The maximum absolute atomic E-state index is 12.2. The van der Waals surface area contributed by atoms with Gasteiger partial charge in [-0.1, -0.05) is 18.2 Å². The largest absolute Gasteiger partial charge is 0.465 e. The Labute approximate surface area is 170 Å². The van der Waals surface area contributed by atoms with Gasteiger partial charge in [0, 0.05) is 11.1 Å². The van der Waals surface area contributed by atoms with Crippen LogP contribution in [0.1, 0.15) is 41.5 Å². The summed E-state index contributed by atoms with van der Waals surface area (Å²) in [6.07, 6.45) is 0.